The lowest BCUT2D eigenvalue weighted by molar-refractivity contribution is 0.108. The molecule has 2 aliphatic rings. The van der Waals surface area contributed by atoms with Crippen LogP contribution in [0.2, 0.25) is 0 Å². The molecule has 0 radical (unpaired) electrons. The van der Waals surface area contributed by atoms with Crippen LogP contribution in [0.4, 0.5) is 0 Å². The summed E-state index contributed by atoms with van der Waals surface area (Å²) in [4.78, 5) is 0. The van der Waals surface area contributed by atoms with Crippen molar-refractivity contribution in [2.45, 2.75) is 31.8 Å². The quantitative estimate of drug-likeness (QED) is 0.791. The van der Waals surface area contributed by atoms with Gasteiger partial charge in [-0.1, -0.05) is 0 Å². The molecule has 0 bridgehead atoms. The smallest absolute Gasteiger partial charge is 0.211 e. The third kappa shape index (κ3) is 4.19. The van der Waals surface area contributed by atoms with Gasteiger partial charge >= 0.3 is 0 Å². The lowest BCUT2D eigenvalue weighted by atomic mass is 10.00. The van der Waals surface area contributed by atoms with Gasteiger partial charge in [-0.25, -0.2) is 12.7 Å². The van der Waals surface area contributed by atoms with Crippen molar-refractivity contribution >= 4 is 10.0 Å². The van der Waals surface area contributed by atoms with Crippen molar-refractivity contribution in [3.05, 3.63) is 0 Å². The number of hydrogen-bond donors (Lipinski definition) is 1. The van der Waals surface area contributed by atoms with Gasteiger partial charge in [0, 0.05) is 26.2 Å². The number of nitrogens with one attached hydrogen (secondary N) is 1. The van der Waals surface area contributed by atoms with Crippen molar-refractivity contribution in [2.24, 2.45) is 5.92 Å². The Labute approximate surface area is 110 Å². The summed E-state index contributed by atoms with van der Waals surface area (Å²) >= 11 is 0. The van der Waals surface area contributed by atoms with Gasteiger partial charge in [-0.3, -0.25) is 0 Å². The van der Waals surface area contributed by atoms with Crippen LogP contribution in [-0.4, -0.2) is 57.9 Å². The van der Waals surface area contributed by atoms with E-state index in [0.29, 0.717) is 25.1 Å². The third-order valence-corrected chi connectivity index (χ3v) is 5.05. The minimum atomic E-state index is -3.02. The average molecular weight is 276 g/mol. The molecule has 2 fully saturated rings. The molecule has 2 rings (SSSR count). The molecule has 106 valence electrons. The van der Waals surface area contributed by atoms with Crippen molar-refractivity contribution in [3.63, 3.8) is 0 Å². The molecule has 2 saturated heterocycles. The van der Waals surface area contributed by atoms with Gasteiger partial charge in [-0.2, -0.15) is 0 Å². The van der Waals surface area contributed by atoms with E-state index >= 15 is 0 Å². The number of rotatable bonds is 5. The fraction of sp³-hybridized carbons (Fsp3) is 1.00. The summed E-state index contributed by atoms with van der Waals surface area (Å²) in [6.07, 6.45) is 6.06. The lowest BCUT2D eigenvalue weighted by Crippen LogP contribution is -2.43. The monoisotopic (exact) mass is 276 g/mol. The van der Waals surface area contributed by atoms with Gasteiger partial charge < -0.3 is 10.1 Å². The topological polar surface area (TPSA) is 58.6 Å². The first-order valence-electron chi connectivity index (χ1n) is 6.83. The minimum Gasteiger partial charge on any atom is -0.377 e. The summed E-state index contributed by atoms with van der Waals surface area (Å²) in [6.45, 7) is 4.03. The standard InChI is InChI=1S/C12H24N2O3S/c1-18(15,16)14-6-2-4-11(10-14)8-13-9-12-5-3-7-17-12/h11-13H,2-10H2,1H3. The number of sulfonamides is 1. The highest BCUT2D eigenvalue weighted by Crippen LogP contribution is 2.18. The Balaban J connectivity index is 1.69. The van der Waals surface area contributed by atoms with Crippen molar-refractivity contribution in [2.75, 3.05) is 39.0 Å². The Kier molecular flexibility index (Phi) is 5.00. The van der Waals surface area contributed by atoms with Crippen LogP contribution in [0.15, 0.2) is 0 Å². The van der Waals surface area contributed by atoms with Crippen LogP contribution in [0.25, 0.3) is 0 Å². The Morgan fingerprint density at radius 1 is 1.28 bits per heavy atom. The van der Waals surface area contributed by atoms with Gasteiger partial charge in [-0.05, 0) is 38.1 Å². The number of ether oxygens (including phenoxy) is 1. The number of nitrogens with zero attached hydrogens (tertiary/aromatic N) is 1. The molecule has 2 unspecified atom stereocenters. The molecular formula is C12H24N2O3S. The second-order valence-corrected chi connectivity index (χ2v) is 7.40. The molecule has 2 heterocycles. The third-order valence-electron chi connectivity index (χ3n) is 3.78. The summed E-state index contributed by atoms with van der Waals surface area (Å²) in [5, 5.41) is 3.42. The van der Waals surface area contributed by atoms with Gasteiger partial charge in [0.15, 0.2) is 0 Å². The maximum Gasteiger partial charge on any atom is 0.211 e. The van der Waals surface area contributed by atoms with Crippen LogP contribution in [0.5, 0.6) is 0 Å². The van der Waals surface area contributed by atoms with E-state index in [1.165, 1.54) is 6.26 Å². The lowest BCUT2D eigenvalue weighted by Gasteiger charge is -2.31. The van der Waals surface area contributed by atoms with E-state index < -0.39 is 10.0 Å². The Hall–Kier alpha value is -0.170. The zero-order valence-electron chi connectivity index (χ0n) is 11.1. The van der Waals surface area contributed by atoms with E-state index in [4.69, 9.17) is 4.74 Å². The second-order valence-electron chi connectivity index (χ2n) is 5.42. The first kappa shape index (κ1) is 14.2. The van der Waals surface area contributed by atoms with Crippen molar-refractivity contribution in [1.29, 1.82) is 0 Å². The van der Waals surface area contributed by atoms with Crippen LogP contribution in [-0.2, 0) is 14.8 Å². The molecule has 0 saturated carbocycles. The van der Waals surface area contributed by atoms with Gasteiger partial charge in [0.25, 0.3) is 0 Å². The predicted octanol–water partition coefficient (Wildman–Crippen LogP) is 0.427. The summed E-state index contributed by atoms with van der Waals surface area (Å²) in [5.74, 6) is 0.440. The molecule has 18 heavy (non-hydrogen) atoms. The minimum absolute atomic E-state index is 0.361. The fourth-order valence-electron chi connectivity index (χ4n) is 2.75. The predicted molar refractivity (Wildman–Crippen MR) is 71.0 cm³/mol. The molecule has 0 aromatic carbocycles. The van der Waals surface area contributed by atoms with Crippen LogP contribution in [0.3, 0.4) is 0 Å². The molecule has 2 atom stereocenters. The summed E-state index contributed by atoms with van der Waals surface area (Å²) in [6, 6.07) is 0. The molecule has 0 aromatic rings. The van der Waals surface area contributed by atoms with E-state index in [9.17, 15) is 8.42 Å². The second kappa shape index (κ2) is 6.32. The number of piperidine rings is 1. The van der Waals surface area contributed by atoms with Crippen LogP contribution >= 0.6 is 0 Å². The first-order chi connectivity index (χ1) is 8.55. The van der Waals surface area contributed by atoms with Gasteiger partial charge in [0.05, 0.1) is 12.4 Å². The van der Waals surface area contributed by atoms with Crippen molar-refractivity contribution in [3.8, 4) is 0 Å². The van der Waals surface area contributed by atoms with Crippen LogP contribution < -0.4 is 5.32 Å². The van der Waals surface area contributed by atoms with E-state index in [-0.39, 0.29) is 0 Å². The Bertz CT molecular complexity index is 352. The highest BCUT2D eigenvalue weighted by Gasteiger charge is 2.25. The van der Waals surface area contributed by atoms with Crippen LogP contribution in [0, 0.1) is 5.92 Å². The maximum atomic E-state index is 11.5. The van der Waals surface area contributed by atoms with E-state index in [1.807, 2.05) is 0 Å². The van der Waals surface area contributed by atoms with Crippen molar-refractivity contribution in [1.82, 2.24) is 9.62 Å². The van der Waals surface area contributed by atoms with Gasteiger partial charge in [0.1, 0.15) is 0 Å². The van der Waals surface area contributed by atoms with E-state index in [0.717, 1.165) is 45.4 Å². The van der Waals surface area contributed by atoms with Gasteiger partial charge in [0.2, 0.25) is 10.0 Å². The molecule has 0 aliphatic carbocycles. The zero-order chi connectivity index (χ0) is 13.0. The molecule has 6 heteroatoms. The molecule has 1 N–H and O–H groups in total. The normalized spacial score (nSPS) is 30.7. The van der Waals surface area contributed by atoms with E-state index in [1.54, 1.807) is 4.31 Å². The summed E-state index contributed by atoms with van der Waals surface area (Å²) in [5.41, 5.74) is 0. The molecule has 0 spiro atoms. The zero-order valence-corrected chi connectivity index (χ0v) is 11.9. The first-order valence-corrected chi connectivity index (χ1v) is 8.68. The summed E-state index contributed by atoms with van der Waals surface area (Å²) < 4.78 is 30.2. The highest BCUT2D eigenvalue weighted by molar-refractivity contribution is 7.88. The maximum absolute atomic E-state index is 11.5. The summed E-state index contributed by atoms with van der Waals surface area (Å²) in [7, 11) is -3.02. The van der Waals surface area contributed by atoms with Gasteiger partial charge in [-0.15, -0.1) is 0 Å². The Morgan fingerprint density at radius 3 is 2.78 bits per heavy atom. The average Bonchev–Trinajstić information content (AvgIpc) is 2.81. The van der Waals surface area contributed by atoms with Crippen molar-refractivity contribution < 1.29 is 13.2 Å². The van der Waals surface area contributed by atoms with Crippen LogP contribution in [0.1, 0.15) is 25.7 Å². The molecule has 2 aliphatic heterocycles. The fourth-order valence-corrected chi connectivity index (χ4v) is 3.69. The Morgan fingerprint density at radius 2 is 2.11 bits per heavy atom. The molecule has 5 nitrogen and oxygen atoms in total. The highest BCUT2D eigenvalue weighted by atomic mass is 32.2. The molecule has 0 amide bonds. The SMILES string of the molecule is CS(=O)(=O)N1CCCC(CNCC2CCCO2)C1. The molecule has 0 aromatic heterocycles. The molecular weight excluding hydrogens is 252 g/mol. The largest absolute Gasteiger partial charge is 0.377 e. The van der Waals surface area contributed by atoms with E-state index in [2.05, 4.69) is 5.32 Å². The number of hydrogen-bond acceptors (Lipinski definition) is 4.